The summed E-state index contributed by atoms with van der Waals surface area (Å²) >= 11 is 5.53. The Labute approximate surface area is 120 Å². The summed E-state index contributed by atoms with van der Waals surface area (Å²) in [5.41, 5.74) is 0.100. The topological polar surface area (TPSA) is 75.6 Å². The number of hydrogen-bond donors (Lipinski definition) is 2. The number of benzene rings is 1. The molecule has 0 spiro atoms. The highest BCUT2D eigenvalue weighted by Gasteiger charge is 2.23. The smallest absolute Gasteiger partial charge is 0.330 e. The zero-order valence-electron chi connectivity index (χ0n) is 10.9. The maximum atomic E-state index is 13.3. The van der Waals surface area contributed by atoms with Gasteiger partial charge in [0.2, 0.25) is 5.91 Å². The number of rotatable bonds is 7. The van der Waals surface area contributed by atoms with Crippen molar-refractivity contribution < 1.29 is 23.8 Å². The summed E-state index contributed by atoms with van der Waals surface area (Å²) in [6, 6.07) is 2.22. The predicted molar refractivity (Wildman–Crippen MR) is 71.0 cm³/mol. The molecule has 7 heteroatoms. The Hall–Kier alpha value is -1.66. The van der Waals surface area contributed by atoms with Crippen LogP contribution in [0.25, 0.3) is 0 Å². The van der Waals surface area contributed by atoms with Gasteiger partial charge in [-0.3, -0.25) is 4.79 Å². The van der Waals surface area contributed by atoms with Crippen LogP contribution in [-0.2, 0) is 14.3 Å². The number of nitrogens with one attached hydrogen (secondary N) is 1. The second kappa shape index (κ2) is 7.81. The first-order valence-corrected chi connectivity index (χ1v) is 6.38. The fourth-order valence-corrected chi connectivity index (χ4v) is 1.61. The quantitative estimate of drug-likeness (QED) is 0.757. The lowest BCUT2D eigenvalue weighted by molar-refractivity contribution is -0.142. The Morgan fingerprint density at radius 2 is 2.20 bits per heavy atom. The average Bonchev–Trinajstić information content (AvgIpc) is 2.39. The number of halogens is 2. The third-order valence-corrected chi connectivity index (χ3v) is 2.72. The molecule has 1 unspecified atom stereocenters. The van der Waals surface area contributed by atoms with E-state index in [9.17, 15) is 14.0 Å². The lowest BCUT2D eigenvalue weighted by atomic mass is 10.1. The molecule has 0 saturated heterocycles. The van der Waals surface area contributed by atoms with Crippen molar-refractivity contribution in [2.45, 2.75) is 19.4 Å². The molecule has 1 aromatic rings. The van der Waals surface area contributed by atoms with Gasteiger partial charge in [-0.25, -0.2) is 9.18 Å². The van der Waals surface area contributed by atoms with E-state index in [1.165, 1.54) is 12.1 Å². The highest BCUT2D eigenvalue weighted by molar-refractivity contribution is 6.30. The zero-order valence-corrected chi connectivity index (χ0v) is 11.6. The second-order valence-electron chi connectivity index (χ2n) is 4.06. The van der Waals surface area contributed by atoms with Crippen LogP contribution in [0.5, 0.6) is 0 Å². The van der Waals surface area contributed by atoms with Crippen molar-refractivity contribution in [3.05, 3.63) is 34.6 Å². The van der Waals surface area contributed by atoms with Gasteiger partial charge in [0.05, 0.1) is 5.02 Å². The van der Waals surface area contributed by atoms with Crippen molar-refractivity contribution in [1.82, 2.24) is 5.32 Å². The standard InChI is InChI=1S/C13H15ClFNO4/c1-2-5-20-7-11(17)16-12(13(18)19)8-3-4-9(14)10(15)6-8/h3-4,6,12H,2,5,7H2,1H3,(H,16,17)(H,18,19). The number of amides is 1. The van der Waals surface area contributed by atoms with Gasteiger partial charge >= 0.3 is 5.97 Å². The van der Waals surface area contributed by atoms with E-state index in [-0.39, 0.29) is 17.2 Å². The van der Waals surface area contributed by atoms with Gasteiger partial charge in [0.15, 0.2) is 6.04 Å². The molecule has 0 aromatic heterocycles. The Kier molecular flexibility index (Phi) is 6.41. The number of carboxylic acids is 1. The minimum atomic E-state index is -1.35. The van der Waals surface area contributed by atoms with Gasteiger partial charge in [-0.05, 0) is 24.1 Å². The largest absolute Gasteiger partial charge is 0.479 e. The van der Waals surface area contributed by atoms with E-state index < -0.39 is 23.7 Å². The molecular weight excluding hydrogens is 289 g/mol. The number of carbonyl (C=O) groups excluding carboxylic acids is 1. The van der Waals surface area contributed by atoms with Gasteiger partial charge in [0.1, 0.15) is 12.4 Å². The molecule has 1 amide bonds. The van der Waals surface area contributed by atoms with Crippen LogP contribution in [0.3, 0.4) is 0 Å². The maximum Gasteiger partial charge on any atom is 0.330 e. The van der Waals surface area contributed by atoms with Crippen molar-refractivity contribution >= 4 is 23.5 Å². The first kappa shape index (κ1) is 16.4. The summed E-state index contributed by atoms with van der Waals surface area (Å²) in [4.78, 5) is 22.7. The number of hydrogen-bond acceptors (Lipinski definition) is 3. The molecule has 2 N–H and O–H groups in total. The highest BCUT2D eigenvalue weighted by Crippen LogP contribution is 2.20. The van der Waals surface area contributed by atoms with Crippen LogP contribution in [0, 0.1) is 5.82 Å². The highest BCUT2D eigenvalue weighted by atomic mass is 35.5. The molecule has 0 saturated carbocycles. The number of aliphatic carboxylic acids is 1. The summed E-state index contributed by atoms with van der Waals surface area (Å²) in [5, 5.41) is 11.2. The third-order valence-electron chi connectivity index (χ3n) is 2.41. The summed E-state index contributed by atoms with van der Waals surface area (Å²) in [6.45, 7) is 2.04. The molecule has 0 fully saturated rings. The van der Waals surface area contributed by atoms with Crippen LogP contribution in [0.4, 0.5) is 4.39 Å². The predicted octanol–water partition coefficient (Wildman–Crippen LogP) is 2.15. The monoisotopic (exact) mass is 303 g/mol. The van der Waals surface area contributed by atoms with Gasteiger partial charge in [-0.1, -0.05) is 24.6 Å². The van der Waals surface area contributed by atoms with Crippen molar-refractivity contribution in [2.75, 3.05) is 13.2 Å². The van der Waals surface area contributed by atoms with Crippen LogP contribution in [0.15, 0.2) is 18.2 Å². The minimum Gasteiger partial charge on any atom is -0.479 e. The van der Waals surface area contributed by atoms with E-state index in [0.717, 1.165) is 12.5 Å². The number of carboxylic acid groups (broad SMARTS) is 1. The van der Waals surface area contributed by atoms with Gasteiger partial charge in [-0.15, -0.1) is 0 Å². The van der Waals surface area contributed by atoms with E-state index in [4.69, 9.17) is 21.4 Å². The first-order chi connectivity index (χ1) is 9.45. The van der Waals surface area contributed by atoms with Crippen molar-refractivity contribution in [3.63, 3.8) is 0 Å². The van der Waals surface area contributed by atoms with Crippen LogP contribution in [0.2, 0.25) is 5.02 Å². The summed E-state index contributed by atoms with van der Waals surface area (Å²) in [6.07, 6.45) is 0.748. The molecule has 0 bridgehead atoms. The van der Waals surface area contributed by atoms with E-state index in [1.807, 2.05) is 6.92 Å². The van der Waals surface area contributed by atoms with Crippen LogP contribution in [-0.4, -0.2) is 30.2 Å². The zero-order chi connectivity index (χ0) is 15.1. The number of carbonyl (C=O) groups is 2. The molecular formula is C13H15ClFNO4. The maximum absolute atomic E-state index is 13.3. The summed E-state index contributed by atoms with van der Waals surface area (Å²) in [7, 11) is 0. The van der Waals surface area contributed by atoms with Crippen LogP contribution in [0.1, 0.15) is 24.9 Å². The molecule has 0 aliphatic carbocycles. The molecule has 0 aliphatic heterocycles. The SMILES string of the molecule is CCCOCC(=O)NC(C(=O)O)c1ccc(Cl)c(F)c1. The molecule has 1 aromatic carbocycles. The lowest BCUT2D eigenvalue weighted by Crippen LogP contribution is -2.36. The normalized spacial score (nSPS) is 11.9. The van der Waals surface area contributed by atoms with Crippen LogP contribution < -0.4 is 5.32 Å². The second-order valence-corrected chi connectivity index (χ2v) is 4.47. The summed E-state index contributed by atoms with van der Waals surface area (Å²) in [5.74, 6) is -2.62. The average molecular weight is 304 g/mol. The third kappa shape index (κ3) is 4.79. The molecule has 0 heterocycles. The van der Waals surface area contributed by atoms with Crippen molar-refractivity contribution in [1.29, 1.82) is 0 Å². The molecule has 20 heavy (non-hydrogen) atoms. The minimum absolute atomic E-state index is 0.100. The molecule has 1 rings (SSSR count). The van der Waals surface area contributed by atoms with Crippen LogP contribution >= 0.6 is 11.6 Å². The van der Waals surface area contributed by atoms with E-state index in [2.05, 4.69) is 5.32 Å². The fourth-order valence-electron chi connectivity index (χ4n) is 1.49. The van der Waals surface area contributed by atoms with Gasteiger partial charge in [0.25, 0.3) is 0 Å². The van der Waals surface area contributed by atoms with Gasteiger partial charge < -0.3 is 15.2 Å². The Morgan fingerprint density at radius 3 is 2.75 bits per heavy atom. The Bertz CT molecular complexity index is 495. The lowest BCUT2D eigenvalue weighted by Gasteiger charge is -2.15. The van der Waals surface area contributed by atoms with Crippen molar-refractivity contribution in [2.24, 2.45) is 0 Å². The van der Waals surface area contributed by atoms with E-state index in [1.54, 1.807) is 0 Å². The molecule has 110 valence electrons. The first-order valence-electron chi connectivity index (χ1n) is 6.00. The number of ether oxygens (including phenoxy) is 1. The summed E-state index contributed by atoms with van der Waals surface area (Å²) < 4.78 is 18.3. The molecule has 0 radical (unpaired) electrons. The Balaban J connectivity index is 2.76. The molecule has 5 nitrogen and oxygen atoms in total. The fraction of sp³-hybridized carbons (Fsp3) is 0.385. The van der Waals surface area contributed by atoms with Crippen molar-refractivity contribution in [3.8, 4) is 0 Å². The Morgan fingerprint density at radius 1 is 1.50 bits per heavy atom. The molecule has 0 aliphatic rings. The van der Waals surface area contributed by atoms with Gasteiger partial charge in [-0.2, -0.15) is 0 Å². The molecule has 1 atom stereocenters. The van der Waals surface area contributed by atoms with Gasteiger partial charge in [0, 0.05) is 6.61 Å². The van der Waals surface area contributed by atoms with E-state index in [0.29, 0.717) is 6.61 Å². The van der Waals surface area contributed by atoms with E-state index >= 15 is 0 Å².